The molecular weight excluding hydrogens is 269 g/mol. The van der Waals surface area contributed by atoms with Gasteiger partial charge in [-0.2, -0.15) is 0 Å². The predicted molar refractivity (Wildman–Crippen MR) is 76.7 cm³/mol. The molecule has 2 rings (SSSR count). The van der Waals surface area contributed by atoms with E-state index >= 15 is 0 Å². The molecule has 0 radical (unpaired) electrons. The molecule has 4 heteroatoms. The molecule has 0 spiro atoms. The van der Waals surface area contributed by atoms with Crippen LogP contribution in [0.25, 0.3) is 10.4 Å². The second kappa shape index (κ2) is 6.32. The van der Waals surface area contributed by atoms with Crippen LogP contribution in [0, 0.1) is 5.82 Å². The van der Waals surface area contributed by atoms with Crippen molar-refractivity contribution in [1.82, 2.24) is 5.32 Å². The molecule has 1 aromatic heterocycles. The monoisotopic (exact) mass is 283 g/mol. The van der Waals surface area contributed by atoms with Gasteiger partial charge in [-0.25, -0.2) is 4.39 Å². The number of hydrogen-bond acceptors (Lipinski definition) is 2. The number of nitrogens with one attached hydrogen (secondary N) is 1. The van der Waals surface area contributed by atoms with Gasteiger partial charge in [-0.05, 0) is 43.3 Å². The van der Waals surface area contributed by atoms with E-state index in [1.807, 2.05) is 6.07 Å². The molecule has 0 aliphatic carbocycles. The maximum Gasteiger partial charge on any atom is 0.124 e. The standard InChI is InChI=1S/C14H15ClFNS/c1-2-7-17-9-11-4-6-14(18-11)12-5-3-10(16)8-13(12)15/h3-6,8,17H,2,7,9H2,1H3. The average molecular weight is 284 g/mol. The fraction of sp³-hybridized carbons (Fsp3) is 0.286. The Hall–Kier alpha value is -0.900. The Kier molecular flexibility index (Phi) is 4.75. The Morgan fingerprint density at radius 1 is 1.28 bits per heavy atom. The summed E-state index contributed by atoms with van der Waals surface area (Å²) < 4.78 is 13.0. The van der Waals surface area contributed by atoms with Crippen LogP contribution in [0.5, 0.6) is 0 Å². The van der Waals surface area contributed by atoms with Crippen molar-refractivity contribution in [3.8, 4) is 10.4 Å². The van der Waals surface area contributed by atoms with E-state index in [0.717, 1.165) is 30.0 Å². The third kappa shape index (κ3) is 3.31. The molecule has 1 heterocycles. The van der Waals surface area contributed by atoms with Gasteiger partial charge in [-0.1, -0.05) is 18.5 Å². The number of hydrogen-bond donors (Lipinski definition) is 1. The summed E-state index contributed by atoms with van der Waals surface area (Å²) in [6.45, 7) is 4.03. The summed E-state index contributed by atoms with van der Waals surface area (Å²) >= 11 is 7.74. The summed E-state index contributed by atoms with van der Waals surface area (Å²) in [6.07, 6.45) is 1.13. The maximum atomic E-state index is 13.0. The van der Waals surface area contributed by atoms with Crippen molar-refractivity contribution < 1.29 is 4.39 Å². The van der Waals surface area contributed by atoms with Crippen LogP contribution < -0.4 is 5.32 Å². The number of rotatable bonds is 5. The first-order chi connectivity index (χ1) is 8.70. The topological polar surface area (TPSA) is 12.0 Å². The molecule has 0 unspecified atom stereocenters. The molecule has 1 nitrogen and oxygen atoms in total. The molecule has 0 aliphatic rings. The minimum Gasteiger partial charge on any atom is -0.312 e. The van der Waals surface area contributed by atoms with E-state index in [4.69, 9.17) is 11.6 Å². The van der Waals surface area contributed by atoms with E-state index in [2.05, 4.69) is 18.3 Å². The Labute approximate surface area is 116 Å². The Balaban J connectivity index is 2.13. The van der Waals surface area contributed by atoms with Crippen molar-refractivity contribution in [2.24, 2.45) is 0 Å². The summed E-state index contributed by atoms with van der Waals surface area (Å²) in [6, 6.07) is 8.64. The summed E-state index contributed by atoms with van der Waals surface area (Å²) in [4.78, 5) is 2.34. The SMILES string of the molecule is CCCNCc1ccc(-c2ccc(F)cc2Cl)s1. The van der Waals surface area contributed by atoms with Gasteiger partial charge >= 0.3 is 0 Å². The van der Waals surface area contributed by atoms with Gasteiger partial charge in [-0.3, -0.25) is 0 Å². The fourth-order valence-corrected chi connectivity index (χ4v) is 3.04. The van der Waals surface area contributed by atoms with Crippen LogP contribution in [0.1, 0.15) is 18.2 Å². The highest BCUT2D eigenvalue weighted by molar-refractivity contribution is 7.15. The van der Waals surface area contributed by atoms with Crippen molar-refractivity contribution >= 4 is 22.9 Å². The fourth-order valence-electron chi connectivity index (χ4n) is 1.70. The third-order valence-corrected chi connectivity index (χ3v) is 4.02. The summed E-state index contributed by atoms with van der Waals surface area (Å²) in [5.41, 5.74) is 0.893. The molecule has 0 fully saturated rings. The van der Waals surface area contributed by atoms with Crippen LogP contribution in [0.3, 0.4) is 0 Å². The minimum atomic E-state index is -0.301. The summed E-state index contributed by atoms with van der Waals surface area (Å²) in [7, 11) is 0. The normalized spacial score (nSPS) is 10.8. The van der Waals surface area contributed by atoms with Gasteiger partial charge in [0.25, 0.3) is 0 Å². The molecule has 0 bridgehead atoms. The van der Waals surface area contributed by atoms with Crippen molar-refractivity contribution in [3.63, 3.8) is 0 Å². The van der Waals surface area contributed by atoms with Crippen molar-refractivity contribution in [1.29, 1.82) is 0 Å². The molecule has 96 valence electrons. The van der Waals surface area contributed by atoms with Crippen molar-refractivity contribution in [2.75, 3.05) is 6.54 Å². The lowest BCUT2D eigenvalue weighted by Gasteiger charge is -2.01. The van der Waals surface area contributed by atoms with Gasteiger partial charge in [-0.15, -0.1) is 11.3 Å². The molecule has 0 aliphatic heterocycles. The van der Waals surface area contributed by atoms with Crippen LogP contribution in [-0.4, -0.2) is 6.54 Å². The van der Waals surface area contributed by atoms with Gasteiger partial charge in [0.05, 0.1) is 5.02 Å². The highest BCUT2D eigenvalue weighted by atomic mass is 35.5. The smallest absolute Gasteiger partial charge is 0.124 e. The van der Waals surface area contributed by atoms with Crippen LogP contribution in [0.4, 0.5) is 4.39 Å². The van der Waals surface area contributed by atoms with Crippen LogP contribution >= 0.6 is 22.9 Å². The first-order valence-electron chi connectivity index (χ1n) is 5.95. The molecule has 1 aromatic carbocycles. The first-order valence-corrected chi connectivity index (χ1v) is 7.15. The Morgan fingerprint density at radius 2 is 2.11 bits per heavy atom. The largest absolute Gasteiger partial charge is 0.312 e. The highest BCUT2D eigenvalue weighted by Crippen LogP contribution is 2.33. The van der Waals surface area contributed by atoms with E-state index < -0.39 is 0 Å². The van der Waals surface area contributed by atoms with Crippen LogP contribution in [0.15, 0.2) is 30.3 Å². The van der Waals surface area contributed by atoms with Gasteiger partial charge in [0, 0.05) is 21.9 Å². The van der Waals surface area contributed by atoms with E-state index in [0.29, 0.717) is 5.02 Å². The molecular formula is C14H15ClFNS. The zero-order valence-corrected chi connectivity index (χ0v) is 11.7. The van der Waals surface area contributed by atoms with E-state index in [1.165, 1.54) is 17.0 Å². The van der Waals surface area contributed by atoms with Crippen molar-refractivity contribution in [3.05, 3.63) is 46.0 Å². The van der Waals surface area contributed by atoms with E-state index in [9.17, 15) is 4.39 Å². The molecule has 0 atom stereocenters. The first kappa shape index (κ1) is 13.5. The van der Waals surface area contributed by atoms with Gasteiger partial charge < -0.3 is 5.32 Å². The summed E-state index contributed by atoms with van der Waals surface area (Å²) in [5.74, 6) is -0.301. The second-order valence-electron chi connectivity index (χ2n) is 4.07. The van der Waals surface area contributed by atoms with E-state index in [-0.39, 0.29) is 5.82 Å². The number of benzene rings is 1. The number of thiophene rings is 1. The molecule has 2 aromatic rings. The lowest BCUT2D eigenvalue weighted by atomic mass is 10.2. The molecule has 0 amide bonds. The van der Waals surface area contributed by atoms with Gasteiger partial charge in [0.15, 0.2) is 0 Å². The average Bonchev–Trinajstić information content (AvgIpc) is 2.78. The lowest BCUT2D eigenvalue weighted by molar-refractivity contribution is 0.628. The maximum absolute atomic E-state index is 13.0. The lowest BCUT2D eigenvalue weighted by Crippen LogP contribution is -2.12. The Morgan fingerprint density at radius 3 is 2.83 bits per heavy atom. The molecule has 18 heavy (non-hydrogen) atoms. The van der Waals surface area contributed by atoms with Crippen molar-refractivity contribution in [2.45, 2.75) is 19.9 Å². The molecule has 0 saturated heterocycles. The zero-order chi connectivity index (χ0) is 13.0. The Bertz CT molecular complexity index is 524. The third-order valence-electron chi connectivity index (χ3n) is 2.58. The quantitative estimate of drug-likeness (QED) is 0.784. The highest BCUT2D eigenvalue weighted by Gasteiger charge is 2.07. The predicted octanol–water partition coefficient (Wildman–Crippen LogP) is 4.71. The molecule has 0 saturated carbocycles. The van der Waals surface area contributed by atoms with Gasteiger partial charge in [0.1, 0.15) is 5.82 Å². The number of halogens is 2. The second-order valence-corrected chi connectivity index (χ2v) is 5.64. The van der Waals surface area contributed by atoms with Crippen LogP contribution in [-0.2, 0) is 6.54 Å². The minimum absolute atomic E-state index is 0.301. The summed E-state index contributed by atoms with van der Waals surface area (Å²) in [5, 5.41) is 3.82. The van der Waals surface area contributed by atoms with Gasteiger partial charge in [0.2, 0.25) is 0 Å². The van der Waals surface area contributed by atoms with E-state index in [1.54, 1.807) is 17.4 Å². The van der Waals surface area contributed by atoms with Crippen LogP contribution in [0.2, 0.25) is 5.02 Å². The zero-order valence-electron chi connectivity index (χ0n) is 10.2. The molecule has 1 N–H and O–H groups in total.